The van der Waals surface area contributed by atoms with Gasteiger partial charge < -0.3 is 10.1 Å². The lowest BCUT2D eigenvalue weighted by Crippen LogP contribution is -2.12. The van der Waals surface area contributed by atoms with Crippen molar-refractivity contribution in [1.29, 1.82) is 0 Å². The standard InChI is InChI=1S/C22H16F2N4O2/c1-30-22-26-20(14-4-2-6-16(23)12-14)28(27-22)19-10-8-18(9-11-19)25-21(29)15-5-3-7-17(24)13-15/h2-13H,1H3,(H,25,29). The number of benzene rings is 3. The van der Waals surface area contributed by atoms with Gasteiger partial charge in [0.25, 0.3) is 5.91 Å². The predicted octanol–water partition coefficient (Wildman–Crippen LogP) is 4.47. The third-order valence-electron chi connectivity index (χ3n) is 4.31. The van der Waals surface area contributed by atoms with Gasteiger partial charge in [-0.2, -0.15) is 4.98 Å². The number of anilines is 1. The Morgan fingerprint density at radius 3 is 2.33 bits per heavy atom. The van der Waals surface area contributed by atoms with Crippen molar-refractivity contribution in [1.82, 2.24) is 14.8 Å². The zero-order valence-electron chi connectivity index (χ0n) is 15.8. The van der Waals surface area contributed by atoms with Crippen molar-refractivity contribution < 1.29 is 18.3 Å². The average Bonchev–Trinajstić information content (AvgIpc) is 3.19. The van der Waals surface area contributed by atoms with E-state index < -0.39 is 17.5 Å². The van der Waals surface area contributed by atoms with Crippen LogP contribution in [0.2, 0.25) is 0 Å². The van der Waals surface area contributed by atoms with E-state index in [4.69, 9.17) is 4.74 Å². The summed E-state index contributed by atoms with van der Waals surface area (Å²) in [6.45, 7) is 0. The SMILES string of the molecule is COc1nc(-c2cccc(F)c2)n(-c2ccc(NC(=O)c3cccc(F)c3)cc2)n1. The molecule has 0 radical (unpaired) electrons. The summed E-state index contributed by atoms with van der Waals surface area (Å²) in [7, 11) is 1.44. The minimum Gasteiger partial charge on any atom is -0.466 e. The fraction of sp³-hybridized carbons (Fsp3) is 0.0455. The molecule has 30 heavy (non-hydrogen) atoms. The Kier molecular flexibility index (Phi) is 5.21. The summed E-state index contributed by atoms with van der Waals surface area (Å²) >= 11 is 0. The monoisotopic (exact) mass is 406 g/mol. The van der Waals surface area contributed by atoms with E-state index in [9.17, 15) is 13.6 Å². The third-order valence-corrected chi connectivity index (χ3v) is 4.31. The maximum atomic E-state index is 13.7. The molecule has 3 aromatic carbocycles. The number of methoxy groups -OCH3 is 1. The highest BCUT2D eigenvalue weighted by atomic mass is 19.1. The fourth-order valence-electron chi connectivity index (χ4n) is 2.89. The molecule has 0 fully saturated rings. The number of nitrogens with one attached hydrogen (secondary N) is 1. The van der Waals surface area contributed by atoms with Crippen molar-refractivity contribution >= 4 is 11.6 Å². The maximum absolute atomic E-state index is 13.7. The fourth-order valence-corrected chi connectivity index (χ4v) is 2.89. The topological polar surface area (TPSA) is 69.0 Å². The number of carbonyl (C=O) groups is 1. The Labute approximate surface area is 170 Å². The Balaban J connectivity index is 1.61. The summed E-state index contributed by atoms with van der Waals surface area (Å²) in [6.07, 6.45) is 0. The van der Waals surface area contributed by atoms with Crippen LogP contribution in [0.1, 0.15) is 10.4 Å². The first kappa shape index (κ1) is 19.3. The second-order valence-corrected chi connectivity index (χ2v) is 6.36. The van der Waals surface area contributed by atoms with Crippen LogP contribution in [-0.2, 0) is 0 Å². The molecule has 0 spiro atoms. The van der Waals surface area contributed by atoms with Crippen molar-refractivity contribution in [3.63, 3.8) is 0 Å². The number of carbonyl (C=O) groups excluding carboxylic acids is 1. The van der Waals surface area contributed by atoms with Gasteiger partial charge in [0, 0.05) is 16.8 Å². The van der Waals surface area contributed by atoms with Crippen molar-refractivity contribution in [3.8, 4) is 23.1 Å². The van der Waals surface area contributed by atoms with Gasteiger partial charge in [-0.25, -0.2) is 13.5 Å². The molecule has 0 unspecified atom stereocenters. The zero-order valence-corrected chi connectivity index (χ0v) is 15.8. The Hall–Kier alpha value is -4.07. The van der Waals surface area contributed by atoms with Gasteiger partial charge in [0.2, 0.25) is 0 Å². The van der Waals surface area contributed by atoms with Crippen LogP contribution in [0.4, 0.5) is 14.5 Å². The number of aromatic nitrogens is 3. The van der Waals surface area contributed by atoms with Gasteiger partial charge in [-0.15, -0.1) is 5.10 Å². The molecule has 0 saturated heterocycles. The molecule has 0 bridgehead atoms. The van der Waals surface area contributed by atoms with E-state index in [1.807, 2.05) is 0 Å². The van der Waals surface area contributed by atoms with Gasteiger partial charge in [0.15, 0.2) is 5.82 Å². The number of amides is 1. The van der Waals surface area contributed by atoms with Crippen LogP contribution in [0.5, 0.6) is 6.01 Å². The van der Waals surface area contributed by atoms with Crippen LogP contribution >= 0.6 is 0 Å². The summed E-state index contributed by atoms with van der Waals surface area (Å²) in [4.78, 5) is 16.6. The van der Waals surface area contributed by atoms with E-state index in [0.29, 0.717) is 22.8 Å². The molecule has 4 aromatic rings. The quantitative estimate of drug-likeness (QED) is 0.531. The highest BCUT2D eigenvalue weighted by Crippen LogP contribution is 2.25. The van der Waals surface area contributed by atoms with Crippen LogP contribution in [0.3, 0.4) is 0 Å². The van der Waals surface area contributed by atoms with E-state index in [0.717, 1.165) is 6.07 Å². The molecule has 0 saturated carbocycles. The van der Waals surface area contributed by atoms with Gasteiger partial charge in [0.05, 0.1) is 12.8 Å². The molecule has 4 rings (SSSR count). The van der Waals surface area contributed by atoms with Gasteiger partial charge in [-0.1, -0.05) is 18.2 Å². The number of rotatable bonds is 5. The summed E-state index contributed by atoms with van der Waals surface area (Å²) in [6, 6.07) is 18.4. The average molecular weight is 406 g/mol. The molecular weight excluding hydrogens is 390 g/mol. The van der Waals surface area contributed by atoms with Gasteiger partial charge in [-0.3, -0.25) is 4.79 Å². The van der Waals surface area contributed by atoms with E-state index in [1.54, 1.807) is 36.4 Å². The van der Waals surface area contributed by atoms with Crippen molar-refractivity contribution in [2.45, 2.75) is 0 Å². The van der Waals surface area contributed by atoms with Crippen molar-refractivity contribution in [2.75, 3.05) is 12.4 Å². The summed E-state index contributed by atoms with van der Waals surface area (Å²) in [5.74, 6) is -0.896. The Morgan fingerprint density at radius 1 is 0.967 bits per heavy atom. The number of hydrogen-bond acceptors (Lipinski definition) is 4. The molecule has 1 N–H and O–H groups in total. The highest BCUT2D eigenvalue weighted by molar-refractivity contribution is 6.04. The van der Waals surface area contributed by atoms with Crippen LogP contribution in [0.25, 0.3) is 17.1 Å². The second kappa shape index (κ2) is 8.12. The molecule has 6 nitrogen and oxygen atoms in total. The first-order valence-electron chi connectivity index (χ1n) is 8.98. The molecular formula is C22H16F2N4O2. The molecule has 150 valence electrons. The van der Waals surface area contributed by atoms with Crippen LogP contribution in [0, 0.1) is 11.6 Å². The summed E-state index contributed by atoms with van der Waals surface area (Å²) in [5, 5.41) is 6.99. The van der Waals surface area contributed by atoms with E-state index >= 15 is 0 Å². The molecule has 1 aromatic heterocycles. The molecule has 0 aliphatic carbocycles. The van der Waals surface area contributed by atoms with Crippen molar-refractivity contribution in [2.24, 2.45) is 0 Å². The Morgan fingerprint density at radius 2 is 1.67 bits per heavy atom. The number of nitrogens with zero attached hydrogens (tertiary/aromatic N) is 3. The largest absolute Gasteiger partial charge is 0.466 e. The van der Waals surface area contributed by atoms with E-state index in [-0.39, 0.29) is 11.6 Å². The minimum absolute atomic E-state index is 0.137. The van der Waals surface area contributed by atoms with Gasteiger partial charge in [-0.05, 0) is 54.6 Å². The van der Waals surface area contributed by atoms with Crippen molar-refractivity contribution in [3.05, 3.63) is 90.0 Å². The highest BCUT2D eigenvalue weighted by Gasteiger charge is 2.15. The van der Waals surface area contributed by atoms with E-state index in [1.165, 1.54) is 42.1 Å². The number of hydrogen-bond donors (Lipinski definition) is 1. The smallest absolute Gasteiger partial charge is 0.336 e. The predicted molar refractivity (Wildman–Crippen MR) is 108 cm³/mol. The Bertz CT molecular complexity index is 1210. The second-order valence-electron chi connectivity index (χ2n) is 6.36. The lowest BCUT2D eigenvalue weighted by molar-refractivity contribution is 0.102. The lowest BCUT2D eigenvalue weighted by Gasteiger charge is -2.09. The molecule has 0 aliphatic heterocycles. The normalized spacial score (nSPS) is 10.6. The molecule has 1 heterocycles. The molecule has 0 atom stereocenters. The van der Waals surface area contributed by atoms with Crippen LogP contribution in [0.15, 0.2) is 72.8 Å². The molecule has 0 aliphatic rings. The zero-order chi connectivity index (χ0) is 21.1. The van der Waals surface area contributed by atoms with Gasteiger partial charge in [0.1, 0.15) is 11.6 Å². The number of ether oxygens (including phenoxy) is 1. The number of halogens is 2. The first-order chi connectivity index (χ1) is 14.5. The maximum Gasteiger partial charge on any atom is 0.336 e. The summed E-state index contributed by atoms with van der Waals surface area (Å²) < 4.78 is 33.6. The van der Waals surface area contributed by atoms with Gasteiger partial charge >= 0.3 is 6.01 Å². The van der Waals surface area contributed by atoms with Crippen LogP contribution < -0.4 is 10.1 Å². The minimum atomic E-state index is -0.483. The lowest BCUT2D eigenvalue weighted by atomic mass is 10.2. The molecule has 1 amide bonds. The van der Waals surface area contributed by atoms with E-state index in [2.05, 4.69) is 15.4 Å². The summed E-state index contributed by atoms with van der Waals surface area (Å²) in [5.41, 5.74) is 1.91. The van der Waals surface area contributed by atoms with Crippen LogP contribution in [-0.4, -0.2) is 27.8 Å². The third kappa shape index (κ3) is 4.02. The first-order valence-corrected chi connectivity index (χ1v) is 8.98. The molecule has 8 heteroatoms.